The molecule has 0 saturated heterocycles. The molecule has 1 aliphatic heterocycles. The fraction of sp³-hybridized carbons (Fsp3) is 0.464. The third-order valence-corrected chi connectivity index (χ3v) is 7.96. The molecule has 0 spiro atoms. The van der Waals surface area contributed by atoms with Gasteiger partial charge in [-0.2, -0.15) is 26.3 Å². The molecule has 3 amide bonds. The van der Waals surface area contributed by atoms with Crippen molar-refractivity contribution in [2.24, 2.45) is 0 Å². The quantitative estimate of drug-likeness (QED) is 0.387. The maximum Gasteiger partial charge on any atom is 0.411 e. The smallest absolute Gasteiger partial charge is 0.411 e. The Morgan fingerprint density at radius 3 is 2.00 bits per heavy atom. The molecule has 1 unspecified atom stereocenters. The molecular formula is C28H31F6N3O6S. The number of ether oxygens (including phenoxy) is 1. The predicted molar refractivity (Wildman–Crippen MR) is 146 cm³/mol. The van der Waals surface area contributed by atoms with E-state index < -0.39 is 75.7 Å². The van der Waals surface area contributed by atoms with Gasteiger partial charge in [-0.05, 0) is 68.1 Å². The first-order valence-corrected chi connectivity index (χ1v) is 15.0. The summed E-state index contributed by atoms with van der Waals surface area (Å²) in [7, 11) is -3.64. The SMILES string of the molecule is CC(=O)NCCC(c1ccc(NC(=O)C2c3ccc(S(C)(=O)=O)cc3CN2C(=O)OC(C)(C)C)cc1)(C(F)(F)F)C(F)(F)F. The number of halogens is 6. The second kappa shape index (κ2) is 11.9. The standard InChI is InChI=1S/C28H31F6N3O6S/c1-16(38)35-13-12-26(27(29,30)31,28(32,33)34)18-6-8-19(9-7-18)36-23(39)22-21-11-10-20(44(5,41)42)14-17(21)15-37(22)24(40)43-25(2,3)4/h6-11,14,22H,12-13,15H2,1-5H3,(H,35,38)(H,36,39). The highest BCUT2D eigenvalue weighted by Crippen LogP contribution is 2.54. The summed E-state index contributed by atoms with van der Waals surface area (Å²) in [5, 5.41) is 4.36. The van der Waals surface area contributed by atoms with Crippen molar-refractivity contribution in [2.45, 2.75) is 75.0 Å². The number of hydrogen-bond donors (Lipinski definition) is 2. The topological polar surface area (TPSA) is 122 Å². The van der Waals surface area contributed by atoms with Crippen molar-refractivity contribution in [2.75, 3.05) is 18.1 Å². The van der Waals surface area contributed by atoms with Gasteiger partial charge in [-0.15, -0.1) is 0 Å². The third kappa shape index (κ3) is 7.27. The van der Waals surface area contributed by atoms with E-state index in [1.54, 1.807) is 20.8 Å². The number of nitrogens with one attached hydrogen (secondary N) is 2. The maximum absolute atomic E-state index is 14.1. The summed E-state index contributed by atoms with van der Waals surface area (Å²) in [5.41, 5.74) is -6.04. The van der Waals surface area contributed by atoms with E-state index in [0.717, 1.165) is 30.2 Å². The van der Waals surface area contributed by atoms with E-state index >= 15 is 0 Å². The lowest BCUT2D eigenvalue weighted by Crippen LogP contribution is -2.55. The van der Waals surface area contributed by atoms with E-state index in [-0.39, 0.29) is 22.7 Å². The number of alkyl halides is 6. The van der Waals surface area contributed by atoms with Crippen molar-refractivity contribution in [1.29, 1.82) is 0 Å². The fourth-order valence-corrected chi connectivity index (χ4v) is 5.49. The second-order valence-corrected chi connectivity index (χ2v) is 13.4. The molecule has 2 aromatic carbocycles. The van der Waals surface area contributed by atoms with Crippen LogP contribution in [0.15, 0.2) is 47.4 Å². The number of carbonyl (C=O) groups excluding carboxylic acids is 3. The minimum Gasteiger partial charge on any atom is -0.444 e. The number of fused-ring (bicyclic) bond motifs is 1. The first kappa shape index (κ1) is 34.7. The van der Waals surface area contributed by atoms with Crippen LogP contribution in [-0.2, 0) is 36.1 Å². The van der Waals surface area contributed by atoms with Gasteiger partial charge in [0.2, 0.25) is 5.91 Å². The van der Waals surface area contributed by atoms with Gasteiger partial charge < -0.3 is 15.4 Å². The fourth-order valence-electron chi connectivity index (χ4n) is 4.82. The van der Waals surface area contributed by atoms with E-state index in [2.05, 4.69) is 5.32 Å². The lowest BCUT2D eigenvalue weighted by Gasteiger charge is -2.38. The molecule has 1 heterocycles. The number of sulfone groups is 1. The molecule has 3 rings (SSSR count). The van der Waals surface area contributed by atoms with Crippen molar-refractivity contribution in [3.05, 3.63) is 59.2 Å². The van der Waals surface area contributed by atoms with E-state index in [4.69, 9.17) is 4.74 Å². The molecule has 0 aliphatic carbocycles. The minimum absolute atomic E-state index is 0.0617. The van der Waals surface area contributed by atoms with Crippen molar-refractivity contribution >= 4 is 33.4 Å². The van der Waals surface area contributed by atoms with Crippen molar-refractivity contribution in [3.63, 3.8) is 0 Å². The number of carbonyl (C=O) groups is 3. The molecule has 242 valence electrons. The van der Waals surface area contributed by atoms with Crippen LogP contribution in [0, 0.1) is 0 Å². The van der Waals surface area contributed by atoms with Gasteiger partial charge in [-0.3, -0.25) is 14.5 Å². The summed E-state index contributed by atoms with van der Waals surface area (Å²) >= 11 is 0. The second-order valence-electron chi connectivity index (χ2n) is 11.3. The average Bonchev–Trinajstić information content (AvgIpc) is 3.23. The number of benzene rings is 2. The first-order chi connectivity index (χ1) is 20.0. The zero-order valence-corrected chi connectivity index (χ0v) is 25.1. The highest BCUT2D eigenvalue weighted by molar-refractivity contribution is 7.90. The van der Waals surface area contributed by atoms with E-state index in [9.17, 15) is 49.1 Å². The molecule has 0 aromatic heterocycles. The lowest BCUT2D eigenvalue weighted by atomic mass is 9.75. The molecule has 2 aromatic rings. The Balaban J connectivity index is 1.98. The molecule has 0 fully saturated rings. The van der Waals surface area contributed by atoms with Gasteiger partial charge in [0.05, 0.1) is 11.4 Å². The average molecular weight is 652 g/mol. The normalized spacial score (nSPS) is 15.9. The number of rotatable bonds is 7. The molecule has 0 radical (unpaired) electrons. The van der Waals surface area contributed by atoms with Gasteiger partial charge >= 0.3 is 18.4 Å². The van der Waals surface area contributed by atoms with Gasteiger partial charge in [0.1, 0.15) is 11.6 Å². The monoisotopic (exact) mass is 651 g/mol. The Morgan fingerprint density at radius 2 is 1.52 bits per heavy atom. The molecule has 2 N–H and O–H groups in total. The molecular weight excluding hydrogens is 620 g/mol. The summed E-state index contributed by atoms with van der Waals surface area (Å²) in [6.45, 7) is 4.60. The summed E-state index contributed by atoms with van der Waals surface area (Å²) in [5.74, 6) is -1.68. The van der Waals surface area contributed by atoms with Gasteiger partial charge in [-0.25, -0.2) is 13.2 Å². The van der Waals surface area contributed by atoms with Gasteiger partial charge in [0.15, 0.2) is 15.3 Å². The molecule has 9 nitrogen and oxygen atoms in total. The molecule has 1 aliphatic rings. The van der Waals surface area contributed by atoms with Crippen LogP contribution in [0.2, 0.25) is 0 Å². The Kier molecular flexibility index (Phi) is 9.40. The van der Waals surface area contributed by atoms with Crippen LogP contribution < -0.4 is 10.6 Å². The van der Waals surface area contributed by atoms with E-state index in [1.807, 2.05) is 5.32 Å². The van der Waals surface area contributed by atoms with E-state index in [0.29, 0.717) is 17.7 Å². The van der Waals surface area contributed by atoms with E-state index in [1.165, 1.54) is 18.2 Å². The molecule has 1 atom stereocenters. The number of nitrogens with zero attached hydrogens (tertiary/aromatic N) is 1. The van der Waals surface area contributed by atoms with Crippen LogP contribution >= 0.6 is 0 Å². The zero-order valence-electron chi connectivity index (χ0n) is 24.3. The molecule has 44 heavy (non-hydrogen) atoms. The summed E-state index contributed by atoms with van der Waals surface area (Å²) in [6, 6.07) is 5.41. The number of amides is 3. The van der Waals surface area contributed by atoms with Gasteiger partial charge in [-0.1, -0.05) is 18.2 Å². The summed E-state index contributed by atoms with van der Waals surface area (Å²) in [4.78, 5) is 38.6. The van der Waals surface area contributed by atoms with Crippen LogP contribution in [0.25, 0.3) is 0 Å². The third-order valence-electron chi connectivity index (χ3n) is 6.85. The zero-order chi connectivity index (χ0) is 33.5. The van der Waals surface area contributed by atoms with Crippen LogP contribution in [0.4, 0.5) is 36.8 Å². The largest absolute Gasteiger partial charge is 0.444 e. The van der Waals surface area contributed by atoms with Gasteiger partial charge in [0, 0.05) is 25.4 Å². The first-order valence-electron chi connectivity index (χ1n) is 13.1. The predicted octanol–water partition coefficient (Wildman–Crippen LogP) is 5.41. The lowest BCUT2D eigenvalue weighted by molar-refractivity contribution is -0.305. The van der Waals surface area contributed by atoms with Crippen LogP contribution in [0.1, 0.15) is 56.8 Å². The van der Waals surface area contributed by atoms with Crippen LogP contribution in [0.3, 0.4) is 0 Å². The Morgan fingerprint density at radius 1 is 0.955 bits per heavy atom. The van der Waals surface area contributed by atoms with Crippen molar-refractivity contribution < 1.29 is 53.9 Å². The molecule has 16 heteroatoms. The van der Waals surface area contributed by atoms with Gasteiger partial charge in [0.25, 0.3) is 5.91 Å². The highest BCUT2D eigenvalue weighted by atomic mass is 32.2. The van der Waals surface area contributed by atoms with Crippen molar-refractivity contribution in [1.82, 2.24) is 10.2 Å². The Hall–Kier alpha value is -3.82. The molecule has 0 saturated carbocycles. The minimum atomic E-state index is -5.79. The van der Waals surface area contributed by atoms with Crippen molar-refractivity contribution in [3.8, 4) is 0 Å². The molecule has 0 bridgehead atoms. The van der Waals surface area contributed by atoms with Crippen LogP contribution in [-0.4, -0.2) is 62.0 Å². The number of hydrogen-bond acceptors (Lipinski definition) is 6. The maximum atomic E-state index is 14.1. The summed E-state index contributed by atoms with van der Waals surface area (Å²) < 4.78 is 114. The van der Waals surface area contributed by atoms with Crippen LogP contribution in [0.5, 0.6) is 0 Å². The highest BCUT2D eigenvalue weighted by Gasteiger charge is 2.71. The summed E-state index contributed by atoms with van der Waals surface area (Å²) in [6.07, 6.45) is -13.0. The Bertz CT molecular complexity index is 1520. The number of anilines is 1. The Labute approximate surface area is 249 Å².